The van der Waals surface area contributed by atoms with Crippen LogP contribution in [0, 0.1) is 0 Å². The van der Waals surface area contributed by atoms with Gasteiger partial charge in [0.2, 0.25) is 0 Å². The summed E-state index contributed by atoms with van der Waals surface area (Å²) < 4.78 is 11.4. The molecule has 0 aromatic carbocycles. The number of alkyl halides is 3. The van der Waals surface area contributed by atoms with Gasteiger partial charge in [-0.1, -0.05) is 0 Å². The van der Waals surface area contributed by atoms with Crippen molar-refractivity contribution in [1.29, 1.82) is 0 Å². The molecule has 0 atom stereocenters. The van der Waals surface area contributed by atoms with E-state index in [1.165, 1.54) is 0 Å². The van der Waals surface area contributed by atoms with Gasteiger partial charge in [0.1, 0.15) is 4.84 Å². The summed E-state index contributed by atoms with van der Waals surface area (Å²) in [5.74, 6) is 0. The molecule has 50 valence electrons. The Hall–Kier alpha value is 0.510. The van der Waals surface area contributed by atoms with Gasteiger partial charge in [0.05, 0.1) is 6.67 Å². The lowest BCUT2D eigenvalue weighted by atomic mass is 10.3. The molecule has 0 nitrogen and oxygen atoms in total. The molecule has 0 unspecified atom stereocenters. The molecule has 0 aromatic rings. The first kappa shape index (κ1) is 8.51. The van der Waals surface area contributed by atoms with E-state index >= 15 is 0 Å². The molecule has 0 spiro atoms. The second kappa shape index (κ2) is 5.64. The highest BCUT2D eigenvalue weighted by Gasteiger charge is 1.96. The van der Waals surface area contributed by atoms with Crippen molar-refractivity contribution in [3.63, 3.8) is 0 Å². The molecule has 0 aliphatic heterocycles. The molecular formula is C5H9Cl2F. The SMILES string of the molecule is FCCCCC(Cl)Cl. The zero-order valence-corrected chi connectivity index (χ0v) is 6.05. The highest BCUT2D eigenvalue weighted by atomic mass is 35.5. The van der Waals surface area contributed by atoms with Crippen LogP contribution in [0.15, 0.2) is 0 Å². The molecule has 8 heavy (non-hydrogen) atoms. The molecule has 3 heteroatoms. The number of unbranched alkanes of at least 4 members (excludes halogenated alkanes) is 1. The Balaban J connectivity index is 2.72. The molecule has 0 aliphatic carbocycles. The fourth-order valence-electron chi connectivity index (χ4n) is 0.393. The van der Waals surface area contributed by atoms with Gasteiger partial charge in [-0.3, -0.25) is 4.39 Å². The van der Waals surface area contributed by atoms with Crippen molar-refractivity contribution < 1.29 is 4.39 Å². The van der Waals surface area contributed by atoms with Crippen molar-refractivity contribution in [2.45, 2.75) is 24.1 Å². The minimum atomic E-state index is -0.318. The van der Waals surface area contributed by atoms with Gasteiger partial charge >= 0.3 is 0 Å². The smallest absolute Gasteiger partial charge is 0.107 e. The predicted octanol–water partition coefficient (Wildman–Crippen LogP) is 2.93. The molecule has 0 rings (SSSR count). The van der Waals surface area contributed by atoms with E-state index in [1.54, 1.807) is 0 Å². The molecule has 0 amide bonds. The van der Waals surface area contributed by atoms with Crippen molar-refractivity contribution in [3.05, 3.63) is 0 Å². The Morgan fingerprint density at radius 2 is 1.88 bits per heavy atom. The summed E-state index contributed by atoms with van der Waals surface area (Å²) in [6.07, 6.45) is 2.07. The van der Waals surface area contributed by atoms with E-state index in [4.69, 9.17) is 23.2 Å². The fourth-order valence-corrected chi connectivity index (χ4v) is 0.702. The summed E-state index contributed by atoms with van der Waals surface area (Å²) in [5, 5.41) is 0. The van der Waals surface area contributed by atoms with Crippen LogP contribution in [-0.4, -0.2) is 11.5 Å². The number of hydrogen-bond acceptors (Lipinski definition) is 0. The van der Waals surface area contributed by atoms with Crippen molar-refractivity contribution in [2.75, 3.05) is 6.67 Å². The van der Waals surface area contributed by atoms with Gasteiger partial charge in [-0.2, -0.15) is 0 Å². The third kappa shape index (κ3) is 6.51. The van der Waals surface area contributed by atoms with Crippen LogP contribution in [0.4, 0.5) is 4.39 Å². The standard InChI is InChI=1S/C5H9Cl2F/c6-5(7)3-1-2-4-8/h5H,1-4H2. The average molecular weight is 159 g/mol. The minimum Gasteiger partial charge on any atom is -0.251 e. The number of halogens is 3. The molecule has 0 bridgehead atoms. The van der Waals surface area contributed by atoms with Crippen molar-refractivity contribution in [1.82, 2.24) is 0 Å². The lowest BCUT2D eigenvalue weighted by Crippen LogP contribution is -1.86. The molecular weight excluding hydrogens is 150 g/mol. The molecule has 0 radical (unpaired) electrons. The van der Waals surface area contributed by atoms with Gasteiger partial charge in [-0.25, -0.2) is 0 Å². The van der Waals surface area contributed by atoms with Crippen molar-refractivity contribution in [2.24, 2.45) is 0 Å². The number of hydrogen-bond donors (Lipinski definition) is 0. The summed E-state index contributed by atoms with van der Waals surface area (Å²) in [4.78, 5) is -0.318. The van der Waals surface area contributed by atoms with E-state index < -0.39 is 0 Å². The second-order valence-corrected chi connectivity index (χ2v) is 2.85. The molecule has 0 aromatic heterocycles. The quantitative estimate of drug-likeness (QED) is 0.437. The van der Waals surface area contributed by atoms with Gasteiger partial charge in [0.15, 0.2) is 0 Å². The minimum absolute atomic E-state index is 0.263. The maximum absolute atomic E-state index is 11.4. The topological polar surface area (TPSA) is 0 Å². The lowest BCUT2D eigenvalue weighted by molar-refractivity contribution is 0.459. The Labute approximate surface area is 59.0 Å². The highest BCUT2D eigenvalue weighted by Crippen LogP contribution is 2.10. The monoisotopic (exact) mass is 158 g/mol. The summed E-state index contributed by atoms with van der Waals surface area (Å²) in [6.45, 7) is -0.263. The zero-order chi connectivity index (χ0) is 6.41. The van der Waals surface area contributed by atoms with E-state index in [-0.39, 0.29) is 11.5 Å². The Kier molecular flexibility index (Phi) is 6.00. The molecule has 0 aliphatic rings. The molecule has 0 heterocycles. The summed E-state index contributed by atoms with van der Waals surface area (Å²) in [6, 6.07) is 0. The second-order valence-electron chi connectivity index (χ2n) is 1.58. The normalized spacial score (nSPS) is 10.5. The van der Waals surface area contributed by atoms with E-state index in [0.717, 1.165) is 6.42 Å². The van der Waals surface area contributed by atoms with Crippen molar-refractivity contribution >= 4 is 23.2 Å². The molecule has 0 N–H and O–H groups in total. The van der Waals surface area contributed by atoms with E-state index in [1.807, 2.05) is 0 Å². The van der Waals surface area contributed by atoms with Crippen LogP contribution in [0.5, 0.6) is 0 Å². The third-order valence-corrected chi connectivity index (χ3v) is 1.24. The van der Waals surface area contributed by atoms with Crippen LogP contribution in [0.1, 0.15) is 19.3 Å². The van der Waals surface area contributed by atoms with E-state index in [2.05, 4.69) is 0 Å². The first-order valence-electron chi connectivity index (χ1n) is 2.61. The first-order chi connectivity index (χ1) is 3.77. The van der Waals surface area contributed by atoms with Crippen LogP contribution >= 0.6 is 23.2 Å². The maximum atomic E-state index is 11.4. The summed E-state index contributed by atoms with van der Waals surface area (Å²) in [7, 11) is 0. The van der Waals surface area contributed by atoms with Crippen LogP contribution in [0.25, 0.3) is 0 Å². The van der Waals surface area contributed by atoms with Gasteiger partial charge in [0.25, 0.3) is 0 Å². The van der Waals surface area contributed by atoms with Crippen molar-refractivity contribution in [3.8, 4) is 0 Å². The predicted molar refractivity (Wildman–Crippen MR) is 35.3 cm³/mol. The molecule has 0 fully saturated rings. The van der Waals surface area contributed by atoms with Gasteiger partial charge in [0, 0.05) is 0 Å². The Morgan fingerprint density at radius 3 is 2.25 bits per heavy atom. The molecule has 0 saturated carbocycles. The molecule has 0 saturated heterocycles. The lowest BCUT2D eigenvalue weighted by Gasteiger charge is -1.95. The average Bonchev–Trinajstić information content (AvgIpc) is 1.66. The Bertz CT molecular complexity index is 47.7. The fraction of sp³-hybridized carbons (Fsp3) is 1.00. The summed E-state index contributed by atoms with van der Waals surface area (Å²) in [5.41, 5.74) is 0. The van der Waals surface area contributed by atoms with Gasteiger partial charge < -0.3 is 0 Å². The van der Waals surface area contributed by atoms with E-state index in [0.29, 0.717) is 12.8 Å². The van der Waals surface area contributed by atoms with Crippen LogP contribution in [0.2, 0.25) is 0 Å². The third-order valence-electron chi connectivity index (χ3n) is 0.806. The van der Waals surface area contributed by atoms with Crippen LogP contribution in [0.3, 0.4) is 0 Å². The van der Waals surface area contributed by atoms with Gasteiger partial charge in [-0.05, 0) is 19.3 Å². The summed E-state index contributed by atoms with van der Waals surface area (Å²) >= 11 is 10.7. The highest BCUT2D eigenvalue weighted by molar-refractivity contribution is 6.44. The van der Waals surface area contributed by atoms with Gasteiger partial charge in [-0.15, -0.1) is 23.2 Å². The zero-order valence-electron chi connectivity index (χ0n) is 4.54. The first-order valence-corrected chi connectivity index (χ1v) is 3.48. The van der Waals surface area contributed by atoms with Crippen LogP contribution in [-0.2, 0) is 0 Å². The van der Waals surface area contributed by atoms with Crippen LogP contribution < -0.4 is 0 Å². The number of rotatable bonds is 4. The Morgan fingerprint density at radius 1 is 1.25 bits per heavy atom. The largest absolute Gasteiger partial charge is 0.251 e. The van der Waals surface area contributed by atoms with E-state index in [9.17, 15) is 4.39 Å². The maximum Gasteiger partial charge on any atom is 0.107 e.